The molecule has 2 aromatic rings. The van der Waals surface area contributed by atoms with Gasteiger partial charge in [-0.2, -0.15) is 0 Å². The summed E-state index contributed by atoms with van der Waals surface area (Å²) < 4.78 is 15.7. The van der Waals surface area contributed by atoms with Crippen LogP contribution in [0, 0.1) is 0 Å². The summed E-state index contributed by atoms with van der Waals surface area (Å²) in [6.07, 6.45) is 0. The molecule has 0 saturated carbocycles. The first kappa shape index (κ1) is 22.0. The van der Waals surface area contributed by atoms with Crippen LogP contribution in [0.2, 0.25) is 0 Å². The predicted molar refractivity (Wildman–Crippen MR) is 107 cm³/mol. The normalized spacial score (nSPS) is 11.3. The van der Waals surface area contributed by atoms with Crippen molar-refractivity contribution in [3.05, 3.63) is 53.6 Å². The highest BCUT2D eigenvalue weighted by atomic mass is 16.5. The van der Waals surface area contributed by atoms with Crippen LogP contribution in [0.25, 0.3) is 0 Å². The van der Waals surface area contributed by atoms with Gasteiger partial charge in [0.2, 0.25) is 11.7 Å². The summed E-state index contributed by atoms with van der Waals surface area (Å²) in [5, 5.41) is 12.2. The van der Waals surface area contributed by atoms with E-state index in [2.05, 4.69) is 5.32 Å². The van der Waals surface area contributed by atoms with Gasteiger partial charge in [-0.05, 0) is 17.7 Å². The third-order valence-electron chi connectivity index (χ3n) is 4.35. The summed E-state index contributed by atoms with van der Waals surface area (Å²) in [6.45, 7) is -0.176. The number of likely N-dealkylation sites (N-methyl/N-ethyl adjacent to an activating group) is 1. The average molecular weight is 402 g/mol. The zero-order valence-electron chi connectivity index (χ0n) is 17.0. The Morgan fingerprint density at radius 1 is 1.03 bits per heavy atom. The first-order valence-corrected chi connectivity index (χ1v) is 8.95. The number of aliphatic hydroxyl groups is 1. The molecule has 0 aliphatic heterocycles. The summed E-state index contributed by atoms with van der Waals surface area (Å²) in [5.41, 5.74) is 1.15. The lowest BCUT2D eigenvalue weighted by Crippen LogP contribution is -2.49. The van der Waals surface area contributed by atoms with Crippen molar-refractivity contribution in [2.75, 3.05) is 35.0 Å². The lowest BCUT2D eigenvalue weighted by atomic mass is 10.1. The number of benzene rings is 2. The number of hydrogen-bond donors (Lipinski definition) is 2. The monoisotopic (exact) mass is 402 g/mol. The Morgan fingerprint density at radius 3 is 2.10 bits per heavy atom. The molecule has 156 valence electrons. The molecule has 0 fully saturated rings. The zero-order valence-corrected chi connectivity index (χ0v) is 17.0. The molecule has 0 saturated heterocycles. The van der Waals surface area contributed by atoms with Crippen molar-refractivity contribution in [1.82, 2.24) is 10.2 Å². The van der Waals surface area contributed by atoms with Gasteiger partial charge in [0.05, 0.1) is 27.9 Å². The SMILES string of the molecule is COc1cc(C(=O)NC(CO)C(=O)N(C)Cc2ccccc2)cc(OC)c1OC. The Bertz CT molecular complexity index is 815. The first-order chi connectivity index (χ1) is 13.9. The minimum absolute atomic E-state index is 0.205. The molecule has 1 unspecified atom stereocenters. The molecule has 0 radical (unpaired) electrons. The van der Waals surface area contributed by atoms with Gasteiger partial charge < -0.3 is 29.5 Å². The number of aliphatic hydroxyl groups excluding tert-OH is 1. The molecule has 0 aliphatic carbocycles. The van der Waals surface area contributed by atoms with Gasteiger partial charge in [-0.3, -0.25) is 9.59 Å². The van der Waals surface area contributed by atoms with Crippen molar-refractivity contribution in [2.45, 2.75) is 12.6 Å². The maximum absolute atomic E-state index is 12.7. The van der Waals surface area contributed by atoms with Gasteiger partial charge >= 0.3 is 0 Å². The highest BCUT2D eigenvalue weighted by Crippen LogP contribution is 2.38. The van der Waals surface area contributed by atoms with Crippen LogP contribution in [0.1, 0.15) is 15.9 Å². The van der Waals surface area contributed by atoms with E-state index in [4.69, 9.17) is 14.2 Å². The second-order valence-corrected chi connectivity index (χ2v) is 6.30. The van der Waals surface area contributed by atoms with Gasteiger partial charge in [0.1, 0.15) is 6.04 Å². The number of rotatable bonds is 9. The smallest absolute Gasteiger partial charge is 0.252 e. The van der Waals surface area contributed by atoms with Gasteiger partial charge in [-0.15, -0.1) is 0 Å². The summed E-state index contributed by atoms with van der Waals surface area (Å²) >= 11 is 0. The summed E-state index contributed by atoms with van der Waals surface area (Å²) in [5.74, 6) is 0.0148. The minimum atomic E-state index is -1.09. The van der Waals surface area contributed by atoms with Crippen LogP contribution in [0.3, 0.4) is 0 Å². The Kier molecular flexibility index (Phi) is 7.85. The number of nitrogens with zero attached hydrogens (tertiary/aromatic N) is 1. The molecule has 1 atom stereocenters. The van der Waals surface area contributed by atoms with E-state index >= 15 is 0 Å². The second kappa shape index (κ2) is 10.3. The zero-order chi connectivity index (χ0) is 21.4. The third-order valence-corrected chi connectivity index (χ3v) is 4.35. The maximum atomic E-state index is 12.7. The topological polar surface area (TPSA) is 97.3 Å². The van der Waals surface area contributed by atoms with E-state index in [1.807, 2.05) is 30.3 Å². The number of methoxy groups -OCH3 is 3. The molecule has 2 aromatic carbocycles. The van der Waals surface area contributed by atoms with Gasteiger partial charge in [0, 0.05) is 19.2 Å². The Labute approximate surface area is 170 Å². The molecule has 29 heavy (non-hydrogen) atoms. The van der Waals surface area contributed by atoms with E-state index in [-0.39, 0.29) is 5.56 Å². The fourth-order valence-electron chi connectivity index (χ4n) is 2.84. The maximum Gasteiger partial charge on any atom is 0.252 e. The van der Waals surface area contributed by atoms with Crippen molar-refractivity contribution in [1.29, 1.82) is 0 Å². The molecule has 0 aliphatic rings. The molecule has 0 spiro atoms. The standard InChI is InChI=1S/C21H26N2O6/c1-23(12-14-8-6-5-7-9-14)21(26)16(13-24)22-20(25)15-10-17(27-2)19(29-4)18(11-15)28-3/h5-11,16,24H,12-13H2,1-4H3,(H,22,25). The van der Waals surface area contributed by atoms with Crippen LogP contribution in [0.4, 0.5) is 0 Å². The second-order valence-electron chi connectivity index (χ2n) is 6.30. The van der Waals surface area contributed by atoms with Crippen LogP contribution >= 0.6 is 0 Å². The van der Waals surface area contributed by atoms with Crippen molar-refractivity contribution in [3.8, 4) is 17.2 Å². The minimum Gasteiger partial charge on any atom is -0.493 e. The van der Waals surface area contributed by atoms with E-state index in [9.17, 15) is 14.7 Å². The quantitative estimate of drug-likeness (QED) is 0.659. The van der Waals surface area contributed by atoms with E-state index in [1.54, 1.807) is 7.05 Å². The molecule has 2 rings (SSSR count). The van der Waals surface area contributed by atoms with Gasteiger partial charge in [0.15, 0.2) is 11.5 Å². The van der Waals surface area contributed by atoms with Crippen molar-refractivity contribution < 1.29 is 28.9 Å². The highest BCUT2D eigenvalue weighted by Gasteiger charge is 2.25. The van der Waals surface area contributed by atoms with Crippen LogP contribution in [0.5, 0.6) is 17.2 Å². The summed E-state index contributed by atoms with van der Waals surface area (Å²) in [6, 6.07) is 11.3. The predicted octanol–water partition coefficient (Wildman–Crippen LogP) is 1.46. The van der Waals surface area contributed by atoms with E-state index in [0.717, 1.165) is 5.56 Å². The van der Waals surface area contributed by atoms with Crippen LogP contribution < -0.4 is 19.5 Å². The van der Waals surface area contributed by atoms with Gasteiger partial charge in [-0.25, -0.2) is 0 Å². The Hall–Kier alpha value is -3.26. The van der Waals surface area contributed by atoms with Crippen LogP contribution in [0.15, 0.2) is 42.5 Å². The number of carbonyl (C=O) groups excluding carboxylic acids is 2. The molecule has 8 nitrogen and oxygen atoms in total. The van der Waals surface area contributed by atoms with Crippen molar-refractivity contribution >= 4 is 11.8 Å². The lowest BCUT2D eigenvalue weighted by molar-refractivity contribution is -0.133. The molecular weight excluding hydrogens is 376 g/mol. The largest absolute Gasteiger partial charge is 0.493 e. The number of ether oxygens (including phenoxy) is 3. The molecule has 2 amide bonds. The Morgan fingerprint density at radius 2 is 1.62 bits per heavy atom. The van der Waals surface area contributed by atoms with Gasteiger partial charge in [-0.1, -0.05) is 30.3 Å². The molecule has 0 bridgehead atoms. The summed E-state index contributed by atoms with van der Waals surface area (Å²) in [4.78, 5) is 26.8. The van der Waals surface area contributed by atoms with Crippen molar-refractivity contribution in [2.24, 2.45) is 0 Å². The number of hydrogen-bond acceptors (Lipinski definition) is 6. The lowest BCUT2D eigenvalue weighted by Gasteiger charge is -2.23. The number of amides is 2. The van der Waals surface area contributed by atoms with E-state index in [1.165, 1.54) is 38.4 Å². The molecule has 0 aromatic heterocycles. The number of nitrogens with one attached hydrogen (secondary N) is 1. The fraction of sp³-hybridized carbons (Fsp3) is 0.333. The molecular formula is C21H26N2O6. The van der Waals surface area contributed by atoms with Crippen LogP contribution in [-0.4, -0.2) is 62.8 Å². The van der Waals surface area contributed by atoms with Crippen LogP contribution in [-0.2, 0) is 11.3 Å². The van der Waals surface area contributed by atoms with E-state index < -0.39 is 24.5 Å². The molecule has 0 heterocycles. The van der Waals surface area contributed by atoms with Crippen molar-refractivity contribution in [3.63, 3.8) is 0 Å². The highest BCUT2D eigenvalue weighted by molar-refractivity contribution is 5.98. The first-order valence-electron chi connectivity index (χ1n) is 8.95. The third kappa shape index (κ3) is 5.39. The van der Waals surface area contributed by atoms with Gasteiger partial charge in [0.25, 0.3) is 5.91 Å². The summed E-state index contributed by atoms with van der Waals surface area (Å²) in [7, 11) is 5.96. The number of carbonyl (C=O) groups is 2. The Balaban J connectivity index is 2.15. The fourth-order valence-corrected chi connectivity index (χ4v) is 2.84. The average Bonchev–Trinajstić information content (AvgIpc) is 2.76. The molecule has 8 heteroatoms. The van der Waals surface area contributed by atoms with E-state index in [0.29, 0.717) is 23.8 Å². The molecule has 2 N–H and O–H groups in total.